The molecule has 1 aromatic rings. The van der Waals surface area contributed by atoms with Crippen molar-refractivity contribution in [2.24, 2.45) is 5.92 Å². The first-order valence-corrected chi connectivity index (χ1v) is 8.58. The Morgan fingerprint density at radius 3 is 2.45 bits per heavy atom. The molecule has 6 heteroatoms. The minimum atomic E-state index is -3.54. The molecule has 0 aliphatic heterocycles. The summed E-state index contributed by atoms with van der Waals surface area (Å²) in [5.41, 5.74) is 0.524. The summed E-state index contributed by atoms with van der Waals surface area (Å²) in [6.07, 6.45) is 0.927. The third-order valence-electron chi connectivity index (χ3n) is 3.40. The van der Waals surface area contributed by atoms with Crippen molar-refractivity contribution in [1.29, 1.82) is 0 Å². The number of sulfonamides is 1. The molecule has 0 amide bonds. The lowest BCUT2D eigenvalue weighted by Crippen LogP contribution is -2.34. The topological polar surface area (TPSA) is 57.6 Å². The van der Waals surface area contributed by atoms with Gasteiger partial charge in [-0.2, -0.15) is 4.31 Å². The monoisotopic (exact) mass is 319 g/mol. The van der Waals surface area contributed by atoms with Crippen LogP contribution in [0.25, 0.3) is 0 Å². The van der Waals surface area contributed by atoms with Crippen LogP contribution < -0.4 is 0 Å². The molecule has 1 unspecified atom stereocenters. The molecule has 20 heavy (non-hydrogen) atoms. The Morgan fingerprint density at radius 2 is 2.00 bits per heavy atom. The molecule has 0 spiro atoms. The molecule has 0 heterocycles. The van der Waals surface area contributed by atoms with Crippen LogP contribution in [0.2, 0.25) is 5.02 Å². The van der Waals surface area contributed by atoms with E-state index in [1.165, 1.54) is 16.4 Å². The highest BCUT2D eigenvalue weighted by molar-refractivity contribution is 7.89. The number of rotatable bonds is 7. The summed E-state index contributed by atoms with van der Waals surface area (Å²) >= 11 is 5.97. The molecular formula is C14H22ClNO3S. The van der Waals surface area contributed by atoms with E-state index in [0.717, 1.165) is 6.42 Å². The molecule has 0 aliphatic carbocycles. The van der Waals surface area contributed by atoms with E-state index in [-0.39, 0.29) is 16.5 Å². The van der Waals surface area contributed by atoms with E-state index >= 15 is 0 Å². The van der Waals surface area contributed by atoms with Crippen LogP contribution in [-0.2, 0) is 16.6 Å². The Bertz CT molecular complexity index is 545. The number of benzene rings is 1. The van der Waals surface area contributed by atoms with Gasteiger partial charge in [-0.1, -0.05) is 44.9 Å². The quantitative estimate of drug-likeness (QED) is 0.840. The zero-order chi connectivity index (χ0) is 15.3. The predicted molar refractivity (Wildman–Crippen MR) is 81.3 cm³/mol. The first-order chi connectivity index (χ1) is 9.36. The van der Waals surface area contributed by atoms with Gasteiger partial charge in [0.05, 0.1) is 11.5 Å². The fourth-order valence-corrected chi connectivity index (χ4v) is 3.74. The fourth-order valence-electron chi connectivity index (χ4n) is 1.84. The molecule has 114 valence electrons. The number of aliphatic hydroxyl groups excluding tert-OH is 1. The summed E-state index contributed by atoms with van der Waals surface area (Å²) in [5, 5.41) is 9.35. The number of aliphatic hydroxyl groups is 1. The molecule has 1 rings (SSSR count). The Morgan fingerprint density at radius 1 is 1.35 bits per heavy atom. The normalized spacial score (nSPS) is 13.7. The second-order valence-corrected chi connectivity index (χ2v) is 7.23. The summed E-state index contributed by atoms with van der Waals surface area (Å²) < 4.78 is 26.6. The van der Waals surface area contributed by atoms with Gasteiger partial charge < -0.3 is 5.11 Å². The van der Waals surface area contributed by atoms with E-state index in [1.54, 1.807) is 6.07 Å². The highest BCUT2D eigenvalue weighted by atomic mass is 35.5. The van der Waals surface area contributed by atoms with E-state index in [4.69, 9.17) is 16.7 Å². The second kappa shape index (κ2) is 7.41. The van der Waals surface area contributed by atoms with Gasteiger partial charge in [0.1, 0.15) is 0 Å². The van der Waals surface area contributed by atoms with Crippen LogP contribution in [0, 0.1) is 5.92 Å². The molecule has 0 bridgehead atoms. The molecule has 1 aromatic carbocycles. The molecule has 0 radical (unpaired) electrons. The van der Waals surface area contributed by atoms with Gasteiger partial charge in [-0.15, -0.1) is 0 Å². The predicted octanol–water partition coefficient (Wildman–Crippen LogP) is 2.89. The Kier molecular flexibility index (Phi) is 6.45. The molecule has 0 aliphatic rings. The smallest absolute Gasteiger partial charge is 0.243 e. The maximum Gasteiger partial charge on any atom is 0.243 e. The molecule has 4 nitrogen and oxygen atoms in total. The third kappa shape index (κ3) is 3.95. The van der Waals surface area contributed by atoms with E-state index in [1.807, 2.05) is 20.8 Å². The van der Waals surface area contributed by atoms with Gasteiger partial charge >= 0.3 is 0 Å². The van der Waals surface area contributed by atoms with Crippen molar-refractivity contribution in [3.63, 3.8) is 0 Å². The van der Waals surface area contributed by atoms with Gasteiger partial charge in [0.15, 0.2) is 0 Å². The molecule has 0 saturated carbocycles. The van der Waals surface area contributed by atoms with Crippen LogP contribution in [-0.4, -0.2) is 30.9 Å². The van der Waals surface area contributed by atoms with Crippen LogP contribution in [0.3, 0.4) is 0 Å². The van der Waals surface area contributed by atoms with Crippen molar-refractivity contribution in [3.05, 3.63) is 28.8 Å². The Balaban J connectivity index is 3.10. The molecule has 1 N–H and O–H groups in total. The lowest BCUT2D eigenvalue weighted by atomic mass is 10.1. The number of halogens is 1. The summed E-state index contributed by atoms with van der Waals surface area (Å²) in [5.74, 6) is 0.303. The minimum Gasteiger partial charge on any atom is -0.392 e. The maximum absolute atomic E-state index is 12.6. The SMILES string of the molecule is CCC(C)CN(CC)S(=O)(=O)c1ccc(CO)c(Cl)c1. The Labute approximate surface area is 126 Å². The first-order valence-electron chi connectivity index (χ1n) is 6.76. The van der Waals surface area contributed by atoms with Gasteiger partial charge in [-0.25, -0.2) is 8.42 Å². The van der Waals surface area contributed by atoms with Gasteiger partial charge in [-0.05, 0) is 23.6 Å². The van der Waals surface area contributed by atoms with Crippen molar-refractivity contribution < 1.29 is 13.5 Å². The molecule has 1 atom stereocenters. The van der Waals surface area contributed by atoms with Crippen molar-refractivity contribution in [2.45, 2.75) is 38.7 Å². The lowest BCUT2D eigenvalue weighted by molar-refractivity contribution is 0.282. The van der Waals surface area contributed by atoms with Crippen LogP contribution in [0.4, 0.5) is 0 Å². The Hall–Kier alpha value is -0.620. The fraction of sp³-hybridized carbons (Fsp3) is 0.571. The number of hydrogen-bond donors (Lipinski definition) is 1. The lowest BCUT2D eigenvalue weighted by Gasteiger charge is -2.23. The number of hydrogen-bond acceptors (Lipinski definition) is 3. The summed E-state index contributed by atoms with van der Waals surface area (Å²) in [6.45, 7) is 6.60. The number of nitrogens with zero attached hydrogens (tertiary/aromatic N) is 1. The van der Waals surface area contributed by atoms with E-state index < -0.39 is 10.0 Å². The summed E-state index contributed by atoms with van der Waals surface area (Å²) in [7, 11) is -3.54. The van der Waals surface area contributed by atoms with Crippen LogP contribution in [0.1, 0.15) is 32.8 Å². The standard InChI is InChI=1S/C14H22ClNO3S/c1-4-11(3)9-16(5-2)20(18,19)13-7-6-12(10-17)14(15)8-13/h6-8,11,17H,4-5,9-10H2,1-3H3. The second-order valence-electron chi connectivity index (χ2n) is 4.88. The van der Waals surface area contributed by atoms with Gasteiger partial charge in [0, 0.05) is 18.1 Å². The average Bonchev–Trinajstić information content (AvgIpc) is 2.43. The largest absolute Gasteiger partial charge is 0.392 e. The van der Waals surface area contributed by atoms with Crippen LogP contribution >= 0.6 is 11.6 Å². The van der Waals surface area contributed by atoms with Crippen LogP contribution in [0.15, 0.2) is 23.1 Å². The van der Waals surface area contributed by atoms with E-state index in [9.17, 15) is 8.42 Å². The van der Waals surface area contributed by atoms with E-state index in [2.05, 4.69) is 0 Å². The average molecular weight is 320 g/mol. The van der Waals surface area contributed by atoms with Crippen molar-refractivity contribution in [3.8, 4) is 0 Å². The van der Waals surface area contributed by atoms with E-state index in [0.29, 0.717) is 24.6 Å². The van der Waals surface area contributed by atoms with Crippen LogP contribution in [0.5, 0.6) is 0 Å². The molecular weight excluding hydrogens is 298 g/mol. The van der Waals surface area contributed by atoms with Crippen molar-refractivity contribution in [2.75, 3.05) is 13.1 Å². The summed E-state index contributed by atoms with van der Waals surface area (Å²) in [6, 6.07) is 4.44. The van der Waals surface area contributed by atoms with Crippen molar-refractivity contribution >= 4 is 21.6 Å². The van der Waals surface area contributed by atoms with Crippen molar-refractivity contribution in [1.82, 2.24) is 4.31 Å². The van der Waals surface area contributed by atoms with Gasteiger partial charge in [-0.3, -0.25) is 0 Å². The first kappa shape index (κ1) is 17.4. The molecule has 0 saturated heterocycles. The third-order valence-corrected chi connectivity index (χ3v) is 5.69. The van der Waals surface area contributed by atoms with Gasteiger partial charge in [0.2, 0.25) is 10.0 Å². The maximum atomic E-state index is 12.6. The molecule has 0 fully saturated rings. The highest BCUT2D eigenvalue weighted by Gasteiger charge is 2.24. The van der Waals surface area contributed by atoms with Gasteiger partial charge in [0.25, 0.3) is 0 Å². The minimum absolute atomic E-state index is 0.171. The zero-order valence-corrected chi connectivity index (χ0v) is 13.7. The highest BCUT2D eigenvalue weighted by Crippen LogP contribution is 2.24. The molecule has 0 aromatic heterocycles. The summed E-state index contributed by atoms with van der Waals surface area (Å²) in [4.78, 5) is 0.171. The zero-order valence-electron chi connectivity index (χ0n) is 12.1.